The summed E-state index contributed by atoms with van der Waals surface area (Å²) in [6.45, 7) is 10.9. The van der Waals surface area contributed by atoms with Gasteiger partial charge in [-0.05, 0) is 122 Å². The summed E-state index contributed by atoms with van der Waals surface area (Å²) in [5.74, 6) is -0.372. The summed E-state index contributed by atoms with van der Waals surface area (Å²) in [5.41, 5.74) is 11.8. The molecule has 0 spiro atoms. The van der Waals surface area contributed by atoms with Gasteiger partial charge < -0.3 is 30.4 Å². The molecule has 3 aromatic carbocycles. The normalized spacial score (nSPS) is 18.7. The predicted molar refractivity (Wildman–Crippen MR) is 240 cm³/mol. The first-order valence-corrected chi connectivity index (χ1v) is 22.9. The molecule has 0 radical (unpaired) electrons. The number of nitrogens with zero attached hydrogens (tertiary/aromatic N) is 3. The molecular weight excluding hydrogens is 832 g/mol. The van der Waals surface area contributed by atoms with Crippen molar-refractivity contribution in [2.24, 2.45) is 5.41 Å². The summed E-state index contributed by atoms with van der Waals surface area (Å²) < 4.78 is 82.2. The number of nitrogens with one attached hydrogen (secondary N) is 3. The van der Waals surface area contributed by atoms with Crippen LogP contribution in [0, 0.1) is 12.3 Å². The van der Waals surface area contributed by atoms with E-state index in [1.807, 2.05) is 6.07 Å². The number of pyridine rings is 1. The number of fused-ring (bicyclic) bond motifs is 1. The molecule has 2 saturated heterocycles. The SMILES string of the molecule is Cc1cc(C(F)(F)F)ccc1C1=C(CN2CCN(c3ccc(C(=O)NS(=O)(=O)c4ccc(NCC5CCCCO5)c(N)c4)c(Oc4cnc5[nH]ccc5c4)c3)CC2)CCC(C)(C)C1. The van der Waals surface area contributed by atoms with E-state index in [4.69, 9.17) is 15.2 Å². The standard InChI is InChI=1S/C47H54F3N7O5S/c1-30-22-33(47(48,49)50)7-10-38(30)40-26-46(2,3)15-13-32(40)29-56-17-19-57(20-18-56)34-8-11-39(43(24-34)62-36-23-31-14-16-52-44(31)54-28-36)45(58)55-63(59,60)37-9-12-42(41(51)25-37)53-27-35-6-4-5-21-61-35/h7-12,14,16,22-25,28,35,53H,4-6,13,15,17-21,26-27,29,51H2,1-3H3,(H,52,54)(H,55,58). The smallest absolute Gasteiger partial charge is 0.416 e. The van der Waals surface area contributed by atoms with Crippen LogP contribution < -0.4 is 25.4 Å². The number of carbonyl (C=O) groups excluding carboxylic acids is 1. The molecule has 3 aliphatic rings. The fourth-order valence-corrected chi connectivity index (χ4v) is 9.79. The Kier molecular flexibility index (Phi) is 12.5. The number of H-pyrrole nitrogens is 1. The van der Waals surface area contributed by atoms with Gasteiger partial charge in [0.2, 0.25) is 0 Å². The second-order valence-electron chi connectivity index (χ2n) is 17.6. The average Bonchev–Trinajstić information content (AvgIpc) is 3.72. The number of alkyl halides is 3. The van der Waals surface area contributed by atoms with Crippen molar-refractivity contribution in [3.05, 3.63) is 107 Å². The van der Waals surface area contributed by atoms with Gasteiger partial charge >= 0.3 is 6.18 Å². The van der Waals surface area contributed by atoms with Gasteiger partial charge in [-0.2, -0.15) is 13.2 Å². The number of halogens is 3. The molecule has 1 atom stereocenters. The number of ether oxygens (including phenoxy) is 2. The molecule has 2 fully saturated rings. The number of benzene rings is 3. The molecule has 63 heavy (non-hydrogen) atoms. The van der Waals surface area contributed by atoms with E-state index in [1.165, 1.54) is 36.0 Å². The topological polar surface area (TPSA) is 155 Å². The molecule has 5 N–H and O–H groups in total. The molecule has 1 unspecified atom stereocenters. The Balaban J connectivity index is 0.991. The van der Waals surface area contributed by atoms with Crippen LogP contribution in [0.15, 0.2) is 89.6 Å². The summed E-state index contributed by atoms with van der Waals surface area (Å²) >= 11 is 0. The maximum absolute atomic E-state index is 13.9. The second-order valence-corrected chi connectivity index (χ2v) is 19.3. The van der Waals surface area contributed by atoms with Crippen LogP contribution >= 0.6 is 0 Å². The second kappa shape index (κ2) is 17.9. The maximum Gasteiger partial charge on any atom is 0.416 e. The number of rotatable bonds is 12. The number of anilines is 3. The average molecular weight is 886 g/mol. The van der Waals surface area contributed by atoms with Gasteiger partial charge in [-0.3, -0.25) is 9.69 Å². The number of aryl methyl sites for hydroxylation is 1. The van der Waals surface area contributed by atoms with Gasteiger partial charge in [0, 0.05) is 69.2 Å². The first-order chi connectivity index (χ1) is 30.0. The van der Waals surface area contributed by atoms with E-state index in [0.29, 0.717) is 48.9 Å². The Morgan fingerprint density at radius 2 is 1.84 bits per heavy atom. The first kappa shape index (κ1) is 44.0. The fraction of sp³-hybridized carbons (Fsp3) is 0.404. The third-order valence-electron chi connectivity index (χ3n) is 12.4. The number of aromatic nitrogens is 2. The predicted octanol–water partition coefficient (Wildman–Crippen LogP) is 9.15. The van der Waals surface area contributed by atoms with Crippen LogP contribution in [0.3, 0.4) is 0 Å². The van der Waals surface area contributed by atoms with E-state index in [9.17, 15) is 26.4 Å². The van der Waals surface area contributed by atoms with Gasteiger partial charge in [-0.25, -0.2) is 18.1 Å². The number of aromatic amines is 1. The summed E-state index contributed by atoms with van der Waals surface area (Å²) in [6.07, 6.45) is 4.66. The lowest BCUT2D eigenvalue weighted by atomic mass is 9.72. The van der Waals surface area contributed by atoms with Gasteiger partial charge in [0.25, 0.3) is 15.9 Å². The van der Waals surface area contributed by atoms with Crippen LogP contribution in [0.2, 0.25) is 0 Å². The van der Waals surface area contributed by atoms with Crippen LogP contribution in [0.25, 0.3) is 16.6 Å². The molecule has 16 heteroatoms. The van der Waals surface area contributed by atoms with Crippen molar-refractivity contribution in [2.75, 3.05) is 61.8 Å². The number of piperazine rings is 1. The highest BCUT2D eigenvalue weighted by atomic mass is 32.2. The quantitative estimate of drug-likeness (QED) is 0.0892. The molecule has 8 rings (SSSR count). The van der Waals surface area contributed by atoms with Crippen LogP contribution in [0.1, 0.15) is 79.4 Å². The number of allylic oxidation sites excluding steroid dienone is 1. The fourth-order valence-electron chi connectivity index (χ4n) is 8.78. The molecular formula is C47H54F3N7O5S. The van der Waals surface area contributed by atoms with E-state index >= 15 is 0 Å². The van der Waals surface area contributed by atoms with E-state index in [1.54, 1.807) is 49.5 Å². The van der Waals surface area contributed by atoms with Crippen LogP contribution in [-0.2, 0) is 20.9 Å². The number of sulfonamides is 1. The van der Waals surface area contributed by atoms with Crippen LogP contribution in [0.4, 0.5) is 30.2 Å². The summed E-state index contributed by atoms with van der Waals surface area (Å²) in [7, 11) is -4.35. The highest BCUT2D eigenvalue weighted by molar-refractivity contribution is 7.90. The highest BCUT2D eigenvalue weighted by Crippen LogP contribution is 2.45. The monoisotopic (exact) mass is 885 g/mol. The zero-order valence-electron chi connectivity index (χ0n) is 35.8. The van der Waals surface area contributed by atoms with Crippen molar-refractivity contribution < 1.29 is 35.9 Å². The number of amides is 1. The molecule has 12 nitrogen and oxygen atoms in total. The molecule has 5 aromatic rings. The minimum atomic E-state index is -4.40. The molecule has 2 aliphatic heterocycles. The Morgan fingerprint density at radius 3 is 2.57 bits per heavy atom. The number of hydrogen-bond acceptors (Lipinski definition) is 10. The molecule has 0 bridgehead atoms. The summed E-state index contributed by atoms with van der Waals surface area (Å²) in [4.78, 5) is 25.8. The molecule has 2 aromatic heterocycles. The van der Waals surface area contributed by atoms with E-state index in [2.05, 4.69) is 43.7 Å². The summed E-state index contributed by atoms with van der Waals surface area (Å²) in [5, 5.41) is 4.04. The van der Waals surface area contributed by atoms with Crippen molar-refractivity contribution in [1.82, 2.24) is 19.6 Å². The van der Waals surface area contributed by atoms with Crippen LogP contribution in [0.5, 0.6) is 11.5 Å². The Labute approximate surface area is 366 Å². The Bertz CT molecular complexity index is 2630. The molecule has 1 amide bonds. The Hall–Kier alpha value is -5.58. The largest absolute Gasteiger partial charge is 0.455 e. The minimum Gasteiger partial charge on any atom is -0.455 e. The number of hydrogen-bond donors (Lipinski definition) is 4. The number of nitrogen functional groups attached to an aromatic ring is 1. The first-order valence-electron chi connectivity index (χ1n) is 21.4. The van der Waals surface area contributed by atoms with E-state index < -0.39 is 27.7 Å². The molecule has 334 valence electrons. The lowest BCUT2D eigenvalue weighted by Gasteiger charge is -2.39. The van der Waals surface area contributed by atoms with E-state index in [0.717, 1.165) is 80.4 Å². The van der Waals surface area contributed by atoms with Crippen molar-refractivity contribution >= 4 is 49.6 Å². The molecule has 0 saturated carbocycles. The molecule has 1 aliphatic carbocycles. The zero-order valence-corrected chi connectivity index (χ0v) is 36.6. The van der Waals surface area contributed by atoms with Gasteiger partial charge in [-0.1, -0.05) is 25.5 Å². The van der Waals surface area contributed by atoms with Crippen LogP contribution in [-0.4, -0.2) is 81.2 Å². The van der Waals surface area contributed by atoms with Gasteiger partial charge in [0.05, 0.1) is 39.7 Å². The van der Waals surface area contributed by atoms with Crippen molar-refractivity contribution in [2.45, 2.75) is 76.5 Å². The number of nitrogens with two attached hydrogens (primary N) is 1. The summed E-state index contributed by atoms with van der Waals surface area (Å²) in [6, 6.07) is 17.1. The van der Waals surface area contributed by atoms with Crippen molar-refractivity contribution in [3.8, 4) is 11.5 Å². The van der Waals surface area contributed by atoms with Crippen molar-refractivity contribution in [1.29, 1.82) is 0 Å². The lowest BCUT2D eigenvalue weighted by Crippen LogP contribution is -2.47. The molecule has 4 heterocycles. The van der Waals surface area contributed by atoms with Gasteiger partial charge in [0.1, 0.15) is 17.1 Å². The van der Waals surface area contributed by atoms with E-state index in [-0.39, 0.29) is 33.4 Å². The number of carbonyl (C=O) groups is 1. The Morgan fingerprint density at radius 1 is 1.03 bits per heavy atom. The van der Waals surface area contributed by atoms with Gasteiger partial charge in [-0.15, -0.1) is 0 Å². The maximum atomic E-state index is 13.9. The zero-order chi connectivity index (χ0) is 44.5. The third-order valence-corrected chi connectivity index (χ3v) is 13.7. The minimum absolute atomic E-state index is 0.00659. The third kappa shape index (κ3) is 10.3. The highest BCUT2D eigenvalue weighted by Gasteiger charge is 2.33. The lowest BCUT2D eigenvalue weighted by molar-refractivity contribution is -0.137. The van der Waals surface area contributed by atoms with Gasteiger partial charge in [0.15, 0.2) is 0 Å². The van der Waals surface area contributed by atoms with Crippen molar-refractivity contribution in [3.63, 3.8) is 0 Å².